The quantitative estimate of drug-likeness (QED) is 0.0801. The van der Waals surface area contributed by atoms with Gasteiger partial charge in [0.05, 0.1) is 24.5 Å². The molecule has 5 rings (SSSR count). The maximum Gasteiger partial charge on any atom is 0.237 e. The zero-order valence-electron chi connectivity index (χ0n) is 26.7. The summed E-state index contributed by atoms with van der Waals surface area (Å²) in [5.74, 6) is 0.0608. The number of nitrogens with two attached hydrogens (primary N) is 1. The van der Waals surface area contributed by atoms with Crippen molar-refractivity contribution in [3.05, 3.63) is 92.8 Å². The molecule has 0 saturated carbocycles. The highest BCUT2D eigenvalue weighted by molar-refractivity contribution is 14.1. The van der Waals surface area contributed by atoms with Crippen LogP contribution in [0.4, 0.5) is 11.4 Å². The van der Waals surface area contributed by atoms with Crippen molar-refractivity contribution in [1.82, 2.24) is 20.1 Å². The molecule has 244 valence electrons. The van der Waals surface area contributed by atoms with Gasteiger partial charge in [-0.25, -0.2) is 9.98 Å². The number of amides is 2. The molecule has 0 bridgehead atoms. The molecule has 2 aromatic carbocycles. The minimum Gasteiger partial charge on any atom is -0.398 e. The van der Waals surface area contributed by atoms with E-state index in [4.69, 9.17) is 16.6 Å². The first kappa shape index (κ1) is 33.9. The van der Waals surface area contributed by atoms with Crippen LogP contribution in [0, 0.1) is 20.4 Å². The molecule has 2 aliphatic heterocycles. The lowest BCUT2D eigenvalue weighted by atomic mass is 9.98. The average molecular weight is 746 g/mol. The topological polar surface area (TPSA) is 155 Å². The van der Waals surface area contributed by atoms with Crippen LogP contribution < -0.4 is 16.0 Å². The number of anilines is 2. The molecule has 1 aromatic heterocycles. The molecule has 1 fully saturated rings. The molecule has 1 saturated heterocycles. The number of rotatable bonds is 10. The number of pyridine rings is 1. The summed E-state index contributed by atoms with van der Waals surface area (Å²) in [6.45, 7) is 5.11. The van der Waals surface area contributed by atoms with Crippen LogP contribution >= 0.6 is 22.6 Å². The van der Waals surface area contributed by atoms with Gasteiger partial charge in [-0.1, -0.05) is 30.3 Å². The maximum absolute atomic E-state index is 13.7. The van der Waals surface area contributed by atoms with E-state index in [0.29, 0.717) is 61.6 Å². The summed E-state index contributed by atoms with van der Waals surface area (Å²) >= 11 is 2.13. The van der Waals surface area contributed by atoms with Crippen molar-refractivity contribution < 1.29 is 9.59 Å². The molecule has 0 spiro atoms. The summed E-state index contributed by atoms with van der Waals surface area (Å²) in [5.41, 5.74) is 11.9. The van der Waals surface area contributed by atoms with Crippen molar-refractivity contribution in [3.8, 4) is 0 Å². The van der Waals surface area contributed by atoms with Gasteiger partial charge >= 0.3 is 0 Å². The van der Waals surface area contributed by atoms with Gasteiger partial charge in [0.15, 0.2) is 5.84 Å². The lowest BCUT2D eigenvalue weighted by Crippen LogP contribution is -2.42. The van der Waals surface area contributed by atoms with Crippen molar-refractivity contribution in [2.45, 2.75) is 19.8 Å². The number of hydrogen-bond donors (Lipinski definition) is 4. The molecule has 11 nitrogen and oxygen atoms in total. The molecule has 12 heteroatoms. The molecule has 1 atom stereocenters. The standard InChI is InChI=1S/C35H40IN9O2/c1-3-45(28-9-10-30(37)29(18-28)33(38)26-8-11-31(36)41-19-26)35(47)27-12-15-43(20-27)21-32(46)44-16-13-24(14-17-44)23-4-6-25(7-5-23)34(39)42-22-40-2/h4-11,13,18-19,22,27,38H,3,12,14-17,20-21,37H2,1-2H3,(H2,39,40,42)/t27-/m1/s1. The third-order valence-electron chi connectivity index (χ3n) is 8.61. The van der Waals surface area contributed by atoms with Gasteiger partial charge in [-0.2, -0.15) is 0 Å². The number of benzene rings is 2. The van der Waals surface area contributed by atoms with Crippen LogP contribution in [0.2, 0.25) is 0 Å². The predicted octanol–water partition coefficient (Wildman–Crippen LogP) is 4.25. The predicted molar refractivity (Wildman–Crippen MR) is 196 cm³/mol. The molecule has 2 amide bonds. The van der Waals surface area contributed by atoms with Crippen molar-refractivity contribution in [2.75, 3.05) is 56.9 Å². The fraction of sp³-hybridized carbons (Fsp3) is 0.314. The molecule has 3 heterocycles. The summed E-state index contributed by atoms with van der Waals surface area (Å²) in [5, 5.41) is 19.6. The Morgan fingerprint density at radius 1 is 1.13 bits per heavy atom. The van der Waals surface area contributed by atoms with Gasteiger partial charge in [0.25, 0.3) is 0 Å². The van der Waals surface area contributed by atoms with E-state index in [1.165, 1.54) is 11.9 Å². The number of aromatic nitrogens is 1. The Kier molecular flexibility index (Phi) is 11.1. The first-order valence-corrected chi connectivity index (χ1v) is 16.8. The number of amidine groups is 1. The van der Waals surface area contributed by atoms with E-state index >= 15 is 0 Å². The summed E-state index contributed by atoms with van der Waals surface area (Å²) in [6, 6.07) is 16.9. The molecular weight excluding hydrogens is 705 g/mol. The van der Waals surface area contributed by atoms with Crippen LogP contribution in [0.3, 0.4) is 0 Å². The molecule has 0 unspecified atom stereocenters. The van der Waals surface area contributed by atoms with E-state index in [0.717, 1.165) is 21.2 Å². The fourth-order valence-electron chi connectivity index (χ4n) is 5.97. The summed E-state index contributed by atoms with van der Waals surface area (Å²) in [4.78, 5) is 41.0. The Morgan fingerprint density at radius 3 is 2.55 bits per heavy atom. The summed E-state index contributed by atoms with van der Waals surface area (Å²) in [6.07, 6.45) is 6.69. The normalized spacial score (nSPS) is 16.6. The maximum atomic E-state index is 13.7. The first-order valence-electron chi connectivity index (χ1n) is 15.7. The van der Waals surface area contributed by atoms with Gasteiger partial charge < -0.3 is 20.9 Å². The van der Waals surface area contributed by atoms with E-state index in [-0.39, 0.29) is 35.8 Å². The summed E-state index contributed by atoms with van der Waals surface area (Å²) in [7, 11) is 1.74. The van der Waals surface area contributed by atoms with Gasteiger partial charge in [-0.3, -0.25) is 25.3 Å². The second-order valence-electron chi connectivity index (χ2n) is 11.6. The number of carbonyl (C=O) groups is 2. The molecule has 3 aromatic rings. The van der Waals surface area contributed by atoms with Crippen molar-refractivity contribution in [2.24, 2.45) is 10.9 Å². The summed E-state index contributed by atoms with van der Waals surface area (Å²) < 4.78 is 0.839. The number of hydrogen-bond acceptors (Lipinski definition) is 7. The fourth-order valence-corrected chi connectivity index (χ4v) is 6.29. The highest BCUT2D eigenvalue weighted by atomic mass is 127. The first-order chi connectivity index (χ1) is 22.7. The molecule has 47 heavy (non-hydrogen) atoms. The van der Waals surface area contributed by atoms with Gasteiger partial charge in [0, 0.05) is 67.5 Å². The molecule has 0 radical (unpaired) electrons. The number of nitrogens with zero attached hydrogens (tertiary/aromatic N) is 5. The highest BCUT2D eigenvalue weighted by Crippen LogP contribution is 2.28. The minimum absolute atomic E-state index is 0.0150. The zero-order chi connectivity index (χ0) is 33.5. The monoisotopic (exact) mass is 745 g/mol. The second kappa shape index (κ2) is 15.4. The Balaban J connectivity index is 1.16. The van der Waals surface area contributed by atoms with Crippen molar-refractivity contribution in [3.63, 3.8) is 0 Å². The number of likely N-dealkylation sites (tertiary alicyclic amines) is 1. The third kappa shape index (κ3) is 8.11. The van der Waals surface area contributed by atoms with Crippen molar-refractivity contribution in [1.29, 1.82) is 10.8 Å². The Morgan fingerprint density at radius 2 is 1.89 bits per heavy atom. The molecule has 5 N–H and O–H groups in total. The lowest BCUT2D eigenvalue weighted by Gasteiger charge is -2.29. The van der Waals surface area contributed by atoms with E-state index in [1.54, 1.807) is 24.2 Å². The number of nitrogens with one attached hydrogen (secondary N) is 3. The number of nitrogen functional groups attached to an aromatic ring is 1. The molecular formula is C35H40IN9O2. The number of halogens is 1. The van der Waals surface area contributed by atoms with Crippen LogP contribution in [0.1, 0.15) is 42.0 Å². The Labute approximate surface area is 289 Å². The zero-order valence-corrected chi connectivity index (χ0v) is 28.8. The van der Waals surface area contributed by atoms with Crippen LogP contribution in [-0.4, -0.2) is 90.8 Å². The van der Waals surface area contributed by atoms with E-state index < -0.39 is 0 Å². The largest absolute Gasteiger partial charge is 0.398 e. The average Bonchev–Trinajstić information content (AvgIpc) is 3.56. The van der Waals surface area contributed by atoms with Gasteiger partial charge in [-0.15, -0.1) is 0 Å². The number of aliphatic imine (C=N–C) groups is 1. The smallest absolute Gasteiger partial charge is 0.237 e. The number of carbonyl (C=O) groups excluding carboxylic acids is 2. The molecule has 0 aliphatic carbocycles. The SMILES string of the molecule is CCN(C(=O)[C@@H]1CCN(CC(=O)N2CC=C(c3ccc(C(=N)/N=C\NC)cc3)CC2)C1)c1ccc(N)c(C(=N)c2ccc(I)nc2)c1. The molecule has 2 aliphatic rings. The van der Waals surface area contributed by atoms with Gasteiger partial charge in [0.1, 0.15) is 3.70 Å². The van der Waals surface area contributed by atoms with Gasteiger partial charge in [-0.05, 0) is 90.4 Å². The lowest BCUT2D eigenvalue weighted by molar-refractivity contribution is -0.132. The minimum atomic E-state index is -0.218. The highest BCUT2D eigenvalue weighted by Gasteiger charge is 2.33. The van der Waals surface area contributed by atoms with Gasteiger partial charge in [0.2, 0.25) is 11.8 Å². The van der Waals surface area contributed by atoms with Crippen LogP contribution in [-0.2, 0) is 9.59 Å². The Hall–Kier alpha value is -4.43. The van der Waals surface area contributed by atoms with Crippen LogP contribution in [0.25, 0.3) is 5.57 Å². The van der Waals surface area contributed by atoms with Crippen LogP contribution in [0.5, 0.6) is 0 Å². The van der Waals surface area contributed by atoms with E-state index in [2.05, 4.69) is 48.9 Å². The van der Waals surface area contributed by atoms with E-state index in [9.17, 15) is 9.59 Å². The third-order valence-corrected chi connectivity index (χ3v) is 9.25. The van der Waals surface area contributed by atoms with Crippen LogP contribution in [0.15, 0.2) is 71.9 Å². The van der Waals surface area contributed by atoms with E-state index in [1.807, 2.05) is 60.4 Å². The Bertz CT molecular complexity index is 1700. The second-order valence-corrected chi connectivity index (χ2v) is 12.7. The van der Waals surface area contributed by atoms with Crippen molar-refractivity contribution >= 4 is 69.2 Å².